The molecule has 1 aliphatic rings. The molecule has 0 N–H and O–H groups in total. The van der Waals surface area contributed by atoms with Crippen LogP contribution in [0, 0.1) is 0 Å². The van der Waals surface area contributed by atoms with Gasteiger partial charge in [0.1, 0.15) is 11.5 Å². The van der Waals surface area contributed by atoms with Crippen molar-refractivity contribution in [3.05, 3.63) is 194 Å². The molecule has 0 amide bonds. The number of ether oxygens (including phenoxy) is 1. The lowest BCUT2D eigenvalue weighted by Crippen LogP contribution is -2.11. The number of para-hydroxylation sites is 1. The third-order valence-electron chi connectivity index (χ3n) is 10.7. The van der Waals surface area contributed by atoms with Crippen LogP contribution in [0.15, 0.2) is 194 Å². The molecule has 0 saturated carbocycles. The highest BCUT2D eigenvalue weighted by atomic mass is 16.5. The summed E-state index contributed by atoms with van der Waals surface area (Å²) in [5, 5.41) is 7.28. The molecule has 3 nitrogen and oxygen atoms in total. The van der Waals surface area contributed by atoms with E-state index in [-0.39, 0.29) is 0 Å². The minimum absolute atomic E-state index is 0.852. The van der Waals surface area contributed by atoms with E-state index in [1.807, 2.05) is 0 Å². The van der Waals surface area contributed by atoms with Gasteiger partial charge < -0.3 is 14.2 Å². The van der Waals surface area contributed by atoms with Crippen molar-refractivity contribution < 1.29 is 4.74 Å². The fraction of sp³-hybridized carbons (Fsp3) is 0. The van der Waals surface area contributed by atoms with Crippen LogP contribution in [0.25, 0.3) is 71.3 Å². The van der Waals surface area contributed by atoms with Gasteiger partial charge in [0.15, 0.2) is 0 Å². The standard InChI is InChI=1S/C50H32N2O/c1-3-12-33(13-4-1)36-17-9-20-38(30-36)51(40-25-27-42-43-22-10-15-35-16-11-23-47(49(35)43)53-48(42)32-40)39-26-29-45-44(31-39)50-41-21-8-7-14-34(41)24-28-46(50)52(45)37-18-5-2-6-19-37/h1-32H. The molecular weight excluding hydrogens is 645 g/mol. The van der Waals surface area contributed by atoms with E-state index in [2.05, 4.69) is 204 Å². The highest BCUT2D eigenvalue weighted by molar-refractivity contribution is 6.22. The lowest BCUT2D eigenvalue weighted by atomic mass is 9.94. The number of hydrogen-bond acceptors (Lipinski definition) is 2. The Balaban J connectivity index is 1.16. The van der Waals surface area contributed by atoms with Gasteiger partial charge in [0.2, 0.25) is 0 Å². The summed E-state index contributed by atoms with van der Waals surface area (Å²) in [4.78, 5) is 2.37. The van der Waals surface area contributed by atoms with Crippen molar-refractivity contribution in [2.24, 2.45) is 0 Å². The molecular formula is C50H32N2O. The molecule has 0 bridgehead atoms. The molecule has 53 heavy (non-hydrogen) atoms. The molecule has 0 saturated heterocycles. The Kier molecular flexibility index (Phi) is 6.55. The summed E-state index contributed by atoms with van der Waals surface area (Å²) >= 11 is 0. The quantitative estimate of drug-likeness (QED) is 0.181. The predicted octanol–water partition coefficient (Wildman–Crippen LogP) is 14.0. The van der Waals surface area contributed by atoms with Crippen molar-refractivity contribution in [1.82, 2.24) is 4.57 Å². The Morgan fingerprint density at radius 2 is 1.06 bits per heavy atom. The number of hydrogen-bond donors (Lipinski definition) is 0. The first-order valence-corrected chi connectivity index (χ1v) is 18.1. The molecule has 0 atom stereocenters. The van der Waals surface area contributed by atoms with E-state index in [0.29, 0.717) is 0 Å². The maximum absolute atomic E-state index is 6.70. The second-order valence-corrected chi connectivity index (χ2v) is 13.7. The minimum atomic E-state index is 0.852. The first kappa shape index (κ1) is 29.6. The number of aromatic nitrogens is 1. The Morgan fingerprint density at radius 3 is 1.94 bits per heavy atom. The van der Waals surface area contributed by atoms with E-state index in [1.54, 1.807) is 0 Å². The summed E-state index contributed by atoms with van der Waals surface area (Å²) < 4.78 is 9.10. The topological polar surface area (TPSA) is 17.4 Å². The second-order valence-electron chi connectivity index (χ2n) is 13.7. The number of benzene rings is 9. The van der Waals surface area contributed by atoms with Crippen LogP contribution in [0.5, 0.6) is 11.5 Å². The molecule has 248 valence electrons. The van der Waals surface area contributed by atoms with Gasteiger partial charge in [-0.3, -0.25) is 0 Å². The maximum atomic E-state index is 6.70. The third kappa shape index (κ3) is 4.68. The summed E-state index contributed by atoms with van der Waals surface area (Å²) in [6.07, 6.45) is 0. The number of anilines is 3. The minimum Gasteiger partial charge on any atom is -0.456 e. The molecule has 1 aliphatic heterocycles. The first-order chi connectivity index (χ1) is 26.3. The maximum Gasteiger partial charge on any atom is 0.137 e. The van der Waals surface area contributed by atoms with Gasteiger partial charge in [-0.2, -0.15) is 0 Å². The van der Waals surface area contributed by atoms with E-state index < -0.39 is 0 Å². The van der Waals surface area contributed by atoms with E-state index in [0.717, 1.165) is 50.8 Å². The highest BCUT2D eigenvalue weighted by Gasteiger charge is 2.24. The first-order valence-electron chi connectivity index (χ1n) is 18.1. The summed E-state index contributed by atoms with van der Waals surface area (Å²) in [5.41, 5.74) is 11.3. The summed E-state index contributed by atoms with van der Waals surface area (Å²) in [7, 11) is 0. The van der Waals surface area contributed by atoms with Crippen LogP contribution < -0.4 is 9.64 Å². The van der Waals surface area contributed by atoms with E-state index in [4.69, 9.17) is 4.74 Å². The molecule has 10 aromatic rings. The Bertz CT molecular complexity index is 3030. The highest BCUT2D eigenvalue weighted by Crippen LogP contribution is 2.49. The normalized spacial score (nSPS) is 11.9. The van der Waals surface area contributed by atoms with Crippen LogP contribution in [0.3, 0.4) is 0 Å². The molecule has 0 spiro atoms. The Labute approximate surface area is 307 Å². The average molecular weight is 677 g/mol. The zero-order chi connectivity index (χ0) is 34.9. The molecule has 0 radical (unpaired) electrons. The van der Waals surface area contributed by atoms with E-state index >= 15 is 0 Å². The van der Waals surface area contributed by atoms with Crippen molar-refractivity contribution in [3.63, 3.8) is 0 Å². The van der Waals surface area contributed by atoms with Gasteiger partial charge in [-0.25, -0.2) is 0 Å². The summed E-state index contributed by atoms with van der Waals surface area (Å²) in [6.45, 7) is 0. The van der Waals surface area contributed by atoms with Crippen molar-refractivity contribution in [2.45, 2.75) is 0 Å². The molecule has 3 heteroatoms. The molecule has 2 heterocycles. The van der Waals surface area contributed by atoms with Gasteiger partial charge in [0, 0.05) is 50.5 Å². The van der Waals surface area contributed by atoms with Crippen molar-refractivity contribution in [2.75, 3.05) is 4.90 Å². The second kappa shape index (κ2) is 11.7. The Hall–Kier alpha value is -7.10. The fourth-order valence-corrected chi connectivity index (χ4v) is 8.37. The van der Waals surface area contributed by atoms with E-state index in [1.165, 1.54) is 49.1 Å². The fourth-order valence-electron chi connectivity index (χ4n) is 8.37. The van der Waals surface area contributed by atoms with Gasteiger partial charge in [-0.05, 0) is 99.6 Å². The van der Waals surface area contributed by atoms with Crippen molar-refractivity contribution in [3.8, 4) is 39.4 Å². The van der Waals surface area contributed by atoms with Gasteiger partial charge in [0.05, 0.1) is 11.0 Å². The molecule has 0 unspecified atom stereocenters. The molecule has 0 fully saturated rings. The SMILES string of the molecule is c1ccc(-c2cccc(N(c3ccc4c(c3)Oc3cccc5cccc-4c35)c3ccc4c(c3)c3c5ccccc5ccc3n4-c3ccccc3)c2)cc1. The number of rotatable bonds is 5. The van der Waals surface area contributed by atoms with Crippen LogP contribution >= 0.6 is 0 Å². The van der Waals surface area contributed by atoms with Crippen LogP contribution in [0.2, 0.25) is 0 Å². The lowest BCUT2D eigenvalue weighted by Gasteiger charge is -2.28. The van der Waals surface area contributed by atoms with Gasteiger partial charge >= 0.3 is 0 Å². The zero-order valence-corrected chi connectivity index (χ0v) is 28.8. The van der Waals surface area contributed by atoms with Gasteiger partial charge in [-0.15, -0.1) is 0 Å². The summed E-state index contributed by atoms with van der Waals surface area (Å²) in [6, 6.07) is 69.7. The van der Waals surface area contributed by atoms with Gasteiger partial charge in [0.25, 0.3) is 0 Å². The van der Waals surface area contributed by atoms with Crippen molar-refractivity contribution in [1.29, 1.82) is 0 Å². The predicted molar refractivity (Wildman–Crippen MR) is 221 cm³/mol. The zero-order valence-electron chi connectivity index (χ0n) is 28.8. The smallest absolute Gasteiger partial charge is 0.137 e. The molecule has 0 aliphatic carbocycles. The van der Waals surface area contributed by atoms with Crippen molar-refractivity contribution >= 4 is 60.4 Å². The summed E-state index contributed by atoms with van der Waals surface area (Å²) in [5.74, 6) is 1.74. The van der Waals surface area contributed by atoms with E-state index in [9.17, 15) is 0 Å². The van der Waals surface area contributed by atoms with Crippen LogP contribution in [-0.4, -0.2) is 4.57 Å². The lowest BCUT2D eigenvalue weighted by molar-refractivity contribution is 0.487. The third-order valence-corrected chi connectivity index (χ3v) is 10.7. The average Bonchev–Trinajstić information content (AvgIpc) is 3.56. The van der Waals surface area contributed by atoms with Gasteiger partial charge in [-0.1, -0.05) is 121 Å². The monoisotopic (exact) mass is 676 g/mol. The number of fused-ring (bicyclic) bond motifs is 7. The van der Waals surface area contributed by atoms with Crippen LogP contribution in [0.1, 0.15) is 0 Å². The number of nitrogens with zero attached hydrogens (tertiary/aromatic N) is 2. The Morgan fingerprint density at radius 1 is 0.377 bits per heavy atom. The molecule has 9 aromatic carbocycles. The molecule has 1 aromatic heterocycles. The molecule has 11 rings (SSSR count). The van der Waals surface area contributed by atoms with Crippen LogP contribution in [0.4, 0.5) is 17.1 Å². The largest absolute Gasteiger partial charge is 0.456 e. The van der Waals surface area contributed by atoms with Crippen LogP contribution in [-0.2, 0) is 0 Å².